The van der Waals surface area contributed by atoms with Crippen molar-refractivity contribution in [1.82, 2.24) is 10.0 Å². The van der Waals surface area contributed by atoms with Crippen LogP contribution in [0.3, 0.4) is 0 Å². The van der Waals surface area contributed by atoms with E-state index in [2.05, 4.69) is 23.9 Å². The molecule has 20 heavy (non-hydrogen) atoms. The van der Waals surface area contributed by atoms with Crippen molar-refractivity contribution in [2.24, 2.45) is 5.41 Å². The molecule has 114 valence electrons. The molecule has 1 aromatic heterocycles. The molecule has 0 bridgehead atoms. The maximum Gasteiger partial charge on any atom is 0.241 e. The van der Waals surface area contributed by atoms with Crippen molar-refractivity contribution >= 4 is 21.4 Å². The second kappa shape index (κ2) is 6.56. The fourth-order valence-corrected chi connectivity index (χ4v) is 4.74. The molecule has 1 aliphatic carbocycles. The Morgan fingerprint density at radius 1 is 1.40 bits per heavy atom. The topological polar surface area (TPSA) is 58.2 Å². The van der Waals surface area contributed by atoms with Crippen LogP contribution in [-0.2, 0) is 16.6 Å². The lowest BCUT2D eigenvalue weighted by molar-refractivity contribution is 0.166. The summed E-state index contributed by atoms with van der Waals surface area (Å²) in [6.45, 7) is 6.51. The van der Waals surface area contributed by atoms with Crippen LogP contribution >= 0.6 is 11.3 Å². The molecular weight excluding hydrogens is 292 g/mol. The van der Waals surface area contributed by atoms with Gasteiger partial charge in [-0.3, -0.25) is 0 Å². The fraction of sp³-hybridized carbons (Fsp3) is 0.714. The van der Waals surface area contributed by atoms with Gasteiger partial charge in [0.2, 0.25) is 10.0 Å². The third-order valence-electron chi connectivity index (χ3n) is 3.92. The first-order valence-corrected chi connectivity index (χ1v) is 9.59. The lowest BCUT2D eigenvalue weighted by atomic mass is 9.71. The summed E-state index contributed by atoms with van der Waals surface area (Å²) < 4.78 is 27.2. The first-order valence-electron chi connectivity index (χ1n) is 7.23. The van der Waals surface area contributed by atoms with Gasteiger partial charge >= 0.3 is 0 Å². The minimum atomic E-state index is -3.35. The number of nitrogens with one attached hydrogen (secondary N) is 2. The third kappa shape index (κ3) is 4.04. The van der Waals surface area contributed by atoms with E-state index in [0.29, 0.717) is 11.4 Å². The van der Waals surface area contributed by atoms with Crippen molar-refractivity contribution in [3.8, 4) is 0 Å². The quantitative estimate of drug-likeness (QED) is 0.725. The van der Waals surface area contributed by atoms with Crippen LogP contribution in [0, 0.1) is 5.41 Å². The zero-order valence-electron chi connectivity index (χ0n) is 12.2. The maximum atomic E-state index is 12.2. The van der Waals surface area contributed by atoms with E-state index in [1.807, 2.05) is 0 Å². The van der Waals surface area contributed by atoms with Crippen LogP contribution in [0.2, 0.25) is 0 Å². The Morgan fingerprint density at radius 2 is 2.15 bits per heavy atom. The predicted molar refractivity (Wildman–Crippen MR) is 83.5 cm³/mol. The summed E-state index contributed by atoms with van der Waals surface area (Å²) in [5, 5.41) is 5.02. The summed E-state index contributed by atoms with van der Waals surface area (Å²) in [6, 6.07) is 1.78. The number of hydrogen-bond acceptors (Lipinski definition) is 4. The molecular formula is C14H24N2O2S2. The minimum Gasteiger partial charge on any atom is -0.312 e. The van der Waals surface area contributed by atoms with Gasteiger partial charge in [0.05, 0.1) is 4.90 Å². The molecule has 6 heteroatoms. The van der Waals surface area contributed by atoms with Gasteiger partial charge in [0.15, 0.2) is 0 Å². The SMILES string of the molecule is CCCNCc1cc(S(=O)(=O)NCC2(C)CCC2)cs1. The normalized spacial score (nSPS) is 17.9. The Balaban J connectivity index is 1.91. The van der Waals surface area contributed by atoms with Gasteiger partial charge in [0.1, 0.15) is 0 Å². The molecule has 1 fully saturated rings. The number of sulfonamides is 1. The summed E-state index contributed by atoms with van der Waals surface area (Å²) in [4.78, 5) is 1.47. The molecule has 0 saturated heterocycles. The third-order valence-corrected chi connectivity index (χ3v) is 6.38. The molecule has 0 spiro atoms. The van der Waals surface area contributed by atoms with Gasteiger partial charge in [-0.05, 0) is 37.3 Å². The first kappa shape index (κ1) is 15.9. The fourth-order valence-electron chi connectivity index (χ4n) is 2.29. The van der Waals surface area contributed by atoms with Crippen molar-refractivity contribution in [2.75, 3.05) is 13.1 Å². The lowest BCUT2D eigenvalue weighted by Crippen LogP contribution is -2.39. The van der Waals surface area contributed by atoms with Crippen molar-refractivity contribution in [3.05, 3.63) is 16.3 Å². The van der Waals surface area contributed by atoms with E-state index in [9.17, 15) is 8.42 Å². The van der Waals surface area contributed by atoms with Crippen LogP contribution in [0.15, 0.2) is 16.3 Å². The van der Waals surface area contributed by atoms with Gasteiger partial charge in [-0.2, -0.15) is 0 Å². The van der Waals surface area contributed by atoms with Gasteiger partial charge in [-0.25, -0.2) is 13.1 Å². The summed E-state index contributed by atoms with van der Waals surface area (Å²) >= 11 is 1.50. The molecule has 0 radical (unpaired) electrons. The van der Waals surface area contributed by atoms with E-state index < -0.39 is 10.0 Å². The Morgan fingerprint density at radius 3 is 2.75 bits per heavy atom. The van der Waals surface area contributed by atoms with Crippen LogP contribution < -0.4 is 10.0 Å². The van der Waals surface area contributed by atoms with Crippen LogP contribution in [0.1, 0.15) is 44.4 Å². The Kier molecular flexibility index (Phi) is 5.23. The van der Waals surface area contributed by atoms with E-state index in [1.165, 1.54) is 17.8 Å². The second-order valence-electron chi connectivity index (χ2n) is 5.91. The number of hydrogen-bond donors (Lipinski definition) is 2. The molecule has 1 aliphatic rings. The van der Waals surface area contributed by atoms with Crippen molar-refractivity contribution in [1.29, 1.82) is 0 Å². The van der Waals surface area contributed by atoms with Gasteiger partial charge < -0.3 is 5.32 Å². The van der Waals surface area contributed by atoms with Crippen molar-refractivity contribution in [2.45, 2.75) is 51.0 Å². The van der Waals surface area contributed by atoms with Gasteiger partial charge in [0.25, 0.3) is 0 Å². The minimum absolute atomic E-state index is 0.161. The van der Waals surface area contributed by atoms with Gasteiger partial charge in [-0.15, -0.1) is 11.3 Å². The summed E-state index contributed by atoms with van der Waals surface area (Å²) in [6.07, 6.45) is 4.53. The highest BCUT2D eigenvalue weighted by Crippen LogP contribution is 2.39. The number of thiophene rings is 1. The highest BCUT2D eigenvalue weighted by Gasteiger charge is 2.33. The van der Waals surface area contributed by atoms with E-state index in [-0.39, 0.29) is 5.41 Å². The Labute approximate surface area is 126 Å². The summed E-state index contributed by atoms with van der Waals surface area (Å²) in [5.74, 6) is 0. The smallest absolute Gasteiger partial charge is 0.241 e. The molecule has 0 atom stereocenters. The maximum absolute atomic E-state index is 12.2. The molecule has 2 N–H and O–H groups in total. The van der Waals surface area contributed by atoms with E-state index >= 15 is 0 Å². The summed E-state index contributed by atoms with van der Waals surface area (Å²) in [7, 11) is -3.35. The van der Waals surface area contributed by atoms with Crippen LogP contribution in [0.25, 0.3) is 0 Å². The average molecular weight is 316 g/mol. The molecule has 0 aromatic carbocycles. The molecule has 1 heterocycles. The zero-order chi connectivity index (χ0) is 14.6. The predicted octanol–water partition coefficient (Wildman–Crippen LogP) is 2.72. The van der Waals surface area contributed by atoms with E-state index in [0.717, 1.165) is 37.2 Å². The Bertz CT molecular complexity index is 533. The van der Waals surface area contributed by atoms with Gasteiger partial charge in [-0.1, -0.05) is 20.3 Å². The Hall–Kier alpha value is -0.430. The molecule has 4 nitrogen and oxygen atoms in total. The molecule has 1 saturated carbocycles. The van der Waals surface area contributed by atoms with Crippen LogP contribution in [-0.4, -0.2) is 21.5 Å². The highest BCUT2D eigenvalue weighted by atomic mass is 32.2. The van der Waals surface area contributed by atoms with Crippen molar-refractivity contribution in [3.63, 3.8) is 0 Å². The molecule has 0 aliphatic heterocycles. The molecule has 0 unspecified atom stereocenters. The average Bonchev–Trinajstić information content (AvgIpc) is 2.84. The lowest BCUT2D eigenvalue weighted by Gasteiger charge is -2.38. The largest absolute Gasteiger partial charge is 0.312 e. The van der Waals surface area contributed by atoms with Crippen molar-refractivity contribution < 1.29 is 8.42 Å². The molecule has 1 aromatic rings. The standard InChI is InChI=1S/C14H24N2O2S2/c1-3-7-15-9-12-8-13(10-19-12)20(17,18)16-11-14(2)5-4-6-14/h8,10,15-16H,3-7,9,11H2,1-2H3. The van der Waals surface area contributed by atoms with Crippen LogP contribution in [0.5, 0.6) is 0 Å². The second-order valence-corrected chi connectivity index (χ2v) is 8.68. The first-order chi connectivity index (χ1) is 9.45. The van der Waals surface area contributed by atoms with Gasteiger partial charge in [0, 0.05) is 23.3 Å². The molecule has 2 rings (SSSR count). The monoisotopic (exact) mass is 316 g/mol. The zero-order valence-corrected chi connectivity index (χ0v) is 13.9. The van der Waals surface area contributed by atoms with E-state index in [4.69, 9.17) is 0 Å². The molecule has 0 amide bonds. The number of rotatable bonds is 8. The van der Waals surface area contributed by atoms with E-state index in [1.54, 1.807) is 11.4 Å². The van der Waals surface area contributed by atoms with Crippen LogP contribution in [0.4, 0.5) is 0 Å². The summed E-state index contributed by atoms with van der Waals surface area (Å²) in [5.41, 5.74) is 0.161. The highest BCUT2D eigenvalue weighted by molar-refractivity contribution is 7.89.